The second-order valence-electron chi connectivity index (χ2n) is 3.35. The Kier molecular flexibility index (Phi) is 6.56. The van der Waals surface area contributed by atoms with E-state index in [-0.39, 0.29) is 24.8 Å². The predicted octanol–water partition coefficient (Wildman–Crippen LogP) is 1.12. The lowest BCUT2D eigenvalue weighted by atomic mass is 10.2. The van der Waals surface area contributed by atoms with Gasteiger partial charge in [-0.1, -0.05) is 0 Å². The minimum absolute atomic E-state index is 0. The van der Waals surface area contributed by atoms with Crippen LogP contribution in [-0.2, 0) is 0 Å². The minimum atomic E-state index is 0. The first-order chi connectivity index (χ1) is 6.36. The quantitative estimate of drug-likeness (QED) is 0.812. The molecule has 86 valence electrons. The molecule has 0 aliphatic carbocycles. The average molecular weight is 251 g/mol. The Morgan fingerprint density at radius 1 is 1.33 bits per heavy atom. The third kappa shape index (κ3) is 3.81. The molecule has 1 unspecified atom stereocenters. The summed E-state index contributed by atoms with van der Waals surface area (Å²) in [7, 11) is 0. The molecule has 2 heterocycles. The molecule has 0 aromatic carbocycles. The first kappa shape index (κ1) is 14.4. The Hall–Kier alpha value is -0.580. The number of nitrogens with one attached hydrogen (secondary N) is 1. The van der Waals surface area contributed by atoms with Gasteiger partial charge in [0.25, 0.3) is 0 Å². The molecule has 1 N–H and O–H groups in total. The van der Waals surface area contributed by atoms with E-state index >= 15 is 0 Å². The van der Waals surface area contributed by atoms with Gasteiger partial charge in [0.2, 0.25) is 5.95 Å². The summed E-state index contributed by atoms with van der Waals surface area (Å²) in [5.41, 5.74) is 0. The van der Waals surface area contributed by atoms with Gasteiger partial charge in [0.15, 0.2) is 0 Å². The number of rotatable bonds is 1. The van der Waals surface area contributed by atoms with E-state index in [0.29, 0.717) is 6.04 Å². The fraction of sp³-hybridized carbons (Fsp3) is 0.556. The lowest BCUT2D eigenvalue weighted by Gasteiger charge is -2.31. The Balaban J connectivity index is 0.000000980. The summed E-state index contributed by atoms with van der Waals surface area (Å²) in [6.07, 6.45) is 3.57. The number of anilines is 1. The summed E-state index contributed by atoms with van der Waals surface area (Å²) < 4.78 is 0. The molecule has 0 saturated carbocycles. The van der Waals surface area contributed by atoms with Crippen LogP contribution in [0.4, 0.5) is 5.95 Å². The van der Waals surface area contributed by atoms with Gasteiger partial charge in [0.05, 0.1) is 0 Å². The third-order valence-electron chi connectivity index (χ3n) is 2.20. The maximum atomic E-state index is 4.22. The Morgan fingerprint density at radius 3 is 2.60 bits per heavy atom. The maximum absolute atomic E-state index is 4.22. The van der Waals surface area contributed by atoms with Crippen molar-refractivity contribution in [3.05, 3.63) is 18.5 Å². The Morgan fingerprint density at radius 2 is 2.00 bits per heavy atom. The molecule has 1 atom stereocenters. The molecule has 1 aromatic heterocycles. The van der Waals surface area contributed by atoms with Gasteiger partial charge in [-0.3, -0.25) is 0 Å². The first-order valence-electron chi connectivity index (χ1n) is 4.61. The predicted molar refractivity (Wildman–Crippen MR) is 66.2 cm³/mol. The van der Waals surface area contributed by atoms with Crippen LogP contribution in [-0.4, -0.2) is 35.6 Å². The summed E-state index contributed by atoms with van der Waals surface area (Å²) >= 11 is 0. The van der Waals surface area contributed by atoms with Gasteiger partial charge >= 0.3 is 0 Å². The lowest BCUT2D eigenvalue weighted by molar-refractivity contribution is 0.479. The van der Waals surface area contributed by atoms with Crippen molar-refractivity contribution in [3.63, 3.8) is 0 Å². The van der Waals surface area contributed by atoms with Gasteiger partial charge in [-0.05, 0) is 13.0 Å². The monoisotopic (exact) mass is 250 g/mol. The second-order valence-corrected chi connectivity index (χ2v) is 3.35. The van der Waals surface area contributed by atoms with E-state index in [2.05, 4.69) is 27.1 Å². The van der Waals surface area contributed by atoms with Crippen LogP contribution in [0.2, 0.25) is 0 Å². The van der Waals surface area contributed by atoms with Crippen LogP contribution in [0.15, 0.2) is 18.5 Å². The summed E-state index contributed by atoms with van der Waals surface area (Å²) in [5.74, 6) is 0.843. The highest BCUT2D eigenvalue weighted by molar-refractivity contribution is 5.85. The molecule has 0 spiro atoms. The minimum Gasteiger partial charge on any atom is -0.338 e. The zero-order valence-electron chi connectivity index (χ0n) is 8.59. The van der Waals surface area contributed by atoms with Crippen LogP contribution in [0.1, 0.15) is 6.92 Å². The van der Waals surface area contributed by atoms with Crippen molar-refractivity contribution in [1.82, 2.24) is 15.3 Å². The number of piperazine rings is 1. The van der Waals surface area contributed by atoms with Gasteiger partial charge in [-0.25, -0.2) is 9.97 Å². The molecule has 1 aromatic rings. The summed E-state index contributed by atoms with van der Waals surface area (Å²) in [4.78, 5) is 10.7. The van der Waals surface area contributed by atoms with E-state index in [1.54, 1.807) is 12.4 Å². The lowest BCUT2D eigenvalue weighted by Crippen LogP contribution is -2.49. The third-order valence-corrected chi connectivity index (χ3v) is 2.20. The summed E-state index contributed by atoms with van der Waals surface area (Å²) in [5, 5.41) is 3.38. The van der Waals surface area contributed by atoms with Crippen LogP contribution in [0, 0.1) is 0 Å². The standard InChI is InChI=1S/C9H14N4.2ClH/c1-8-7-13(6-5-10-8)9-11-3-2-4-12-9;;/h2-4,8,10H,5-7H2,1H3;2*1H. The molecule has 0 bridgehead atoms. The van der Waals surface area contributed by atoms with Crippen molar-refractivity contribution in [2.75, 3.05) is 24.5 Å². The van der Waals surface area contributed by atoms with Crippen molar-refractivity contribution in [2.24, 2.45) is 0 Å². The van der Waals surface area contributed by atoms with E-state index in [1.165, 1.54) is 0 Å². The van der Waals surface area contributed by atoms with Crippen LogP contribution in [0.5, 0.6) is 0 Å². The van der Waals surface area contributed by atoms with Gasteiger partial charge in [-0.15, -0.1) is 24.8 Å². The Bertz CT molecular complexity index is 270. The van der Waals surface area contributed by atoms with Gasteiger partial charge in [0, 0.05) is 38.1 Å². The van der Waals surface area contributed by atoms with Crippen LogP contribution in [0.25, 0.3) is 0 Å². The van der Waals surface area contributed by atoms with E-state index in [0.717, 1.165) is 25.6 Å². The van der Waals surface area contributed by atoms with Crippen LogP contribution < -0.4 is 10.2 Å². The highest BCUT2D eigenvalue weighted by atomic mass is 35.5. The van der Waals surface area contributed by atoms with Crippen molar-refractivity contribution < 1.29 is 0 Å². The number of aromatic nitrogens is 2. The zero-order valence-corrected chi connectivity index (χ0v) is 10.2. The molecule has 2 rings (SSSR count). The molecular weight excluding hydrogens is 235 g/mol. The normalized spacial score (nSPS) is 20.1. The molecule has 1 saturated heterocycles. The molecule has 0 radical (unpaired) electrons. The summed E-state index contributed by atoms with van der Waals surface area (Å²) in [6, 6.07) is 2.37. The van der Waals surface area contributed by atoms with Crippen LogP contribution in [0.3, 0.4) is 0 Å². The van der Waals surface area contributed by atoms with Crippen molar-refractivity contribution in [2.45, 2.75) is 13.0 Å². The summed E-state index contributed by atoms with van der Waals surface area (Å²) in [6.45, 7) is 5.17. The molecule has 1 aliphatic heterocycles. The number of hydrogen-bond donors (Lipinski definition) is 1. The van der Waals surface area contributed by atoms with E-state index in [9.17, 15) is 0 Å². The smallest absolute Gasteiger partial charge is 0.225 e. The number of nitrogens with zero attached hydrogens (tertiary/aromatic N) is 3. The zero-order chi connectivity index (χ0) is 9.10. The SMILES string of the molecule is CC1CN(c2ncccn2)CCN1.Cl.Cl. The fourth-order valence-electron chi connectivity index (χ4n) is 1.57. The van der Waals surface area contributed by atoms with Gasteiger partial charge < -0.3 is 10.2 Å². The second kappa shape index (κ2) is 6.82. The average Bonchev–Trinajstić information content (AvgIpc) is 2.19. The molecule has 15 heavy (non-hydrogen) atoms. The van der Waals surface area contributed by atoms with Crippen LogP contribution >= 0.6 is 24.8 Å². The molecule has 6 heteroatoms. The van der Waals surface area contributed by atoms with Crippen molar-refractivity contribution >= 4 is 30.8 Å². The van der Waals surface area contributed by atoms with E-state index < -0.39 is 0 Å². The highest BCUT2D eigenvalue weighted by Crippen LogP contribution is 2.07. The largest absolute Gasteiger partial charge is 0.338 e. The van der Waals surface area contributed by atoms with E-state index in [4.69, 9.17) is 0 Å². The fourth-order valence-corrected chi connectivity index (χ4v) is 1.57. The highest BCUT2D eigenvalue weighted by Gasteiger charge is 2.16. The molecule has 1 aliphatic rings. The van der Waals surface area contributed by atoms with Gasteiger partial charge in [-0.2, -0.15) is 0 Å². The molecular formula is C9H16Cl2N4. The molecule has 0 amide bonds. The first-order valence-corrected chi connectivity index (χ1v) is 4.61. The van der Waals surface area contributed by atoms with Crippen molar-refractivity contribution in [1.29, 1.82) is 0 Å². The van der Waals surface area contributed by atoms with E-state index in [1.807, 2.05) is 6.07 Å². The Labute approximate surface area is 102 Å². The van der Waals surface area contributed by atoms with Gasteiger partial charge in [0.1, 0.15) is 0 Å². The van der Waals surface area contributed by atoms with Crippen molar-refractivity contribution in [3.8, 4) is 0 Å². The number of halogens is 2. The molecule has 1 fully saturated rings. The molecule has 4 nitrogen and oxygen atoms in total. The topological polar surface area (TPSA) is 41.1 Å². The maximum Gasteiger partial charge on any atom is 0.225 e. The number of hydrogen-bond acceptors (Lipinski definition) is 4.